The largest absolute Gasteiger partial charge is 0.323 e. The first-order chi connectivity index (χ1) is 4.61. The minimum atomic E-state index is 0.0452. The van der Waals surface area contributed by atoms with Crippen molar-refractivity contribution in [2.45, 2.75) is 13.0 Å². The Kier molecular flexibility index (Phi) is 2.11. The van der Waals surface area contributed by atoms with Gasteiger partial charge in [-0.3, -0.25) is 4.68 Å². The third kappa shape index (κ3) is 1.38. The lowest BCUT2D eigenvalue weighted by Gasteiger charge is -2.03. The van der Waals surface area contributed by atoms with Crippen LogP contribution in [0.5, 0.6) is 0 Å². The summed E-state index contributed by atoms with van der Waals surface area (Å²) >= 11 is 3.26. The molecule has 0 radical (unpaired) electrons. The second-order valence-corrected chi connectivity index (χ2v) is 3.12. The number of halogens is 1. The molecule has 1 rings (SSSR count). The Bertz CT molecular complexity index is 229. The van der Waals surface area contributed by atoms with Gasteiger partial charge >= 0.3 is 0 Å². The van der Waals surface area contributed by atoms with Crippen LogP contribution in [0.2, 0.25) is 0 Å². The molecule has 0 aliphatic carbocycles. The fraction of sp³-hybridized carbons (Fsp3) is 0.500. The summed E-state index contributed by atoms with van der Waals surface area (Å²) < 4.78 is 2.61. The molecule has 3 nitrogen and oxygen atoms in total. The van der Waals surface area contributed by atoms with Crippen molar-refractivity contribution < 1.29 is 0 Å². The predicted octanol–water partition coefficient (Wildman–Crippen LogP) is 1.20. The molecule has 0 bridgehead atoms. The average molecular weight is 204 g/mol. The first-order valence-corrected chi connectivity index (χ1v) is 3.85. The Hall–Kier alpha value is -0.350. The highest BCUT2D eigenvalue weighted by Crippen LogP contribution is 2.14. The van der Waals surface area contributed by atoms with Crippen LogP contribution in [0.25, 0.3) is 0 Å². The van der Waals surface area contributed by atoms with Gasteiger partial charge in [-0.05, 0) is 28.9 Å². The highest BCUT2D eigenvalue weighted by molar-refractivity contribution is 9.10. The molecule has 0 saturated heterocycles. The molecule has 2 N–H and O–H groups in total. The molecular weight excluding hydrogens is 194 g/mol. The normalized spacial score (nSPS) is 13.6. The number of nitrogens with zero attached hydrogens (tertiary/aromatic N) is 2. The van der Waals surface area contributed by atoms with Crippen LogP contribution in [-0.4, -0.2) is 9.78 Å². The third-order valence-corrected chi connectivity index (χ3v) is 1.74. The fourth-order valence-corrected chi connectivity index (χ4v) is 1.34. The Morgan fingerprint density at radius 1 is 1.80 bits per heavy atom. The van der Waals surface area contributed by atoms with Gasteiger partial charge in [0.05, 0.1) is 5.69 Å². The van der Waals surface area contributed by atoms with Crippen LogP contribution < -0.4 is 5.73 Å². The van der Waals surface area contributed by atoms with Crippen LogP contribution in [0.1, 0.15) is 18.7 Å². The van der Waals surface area contributed by atoms with E-state index in [1.165, 1.54) is 0 Å². The topological polar surface area (TPSA) is 43.8 Å². The maximum atomic E-state index is 5.65. The van der Waals surface area contributed by atoms with E-state index >= 15 is 0 Å². The van der Waals surface area contributed by atoms with Crippen molar-refractivity contribution in [3.63, 3.8) is 0 Å². The molecule has 0 spiro atoms. The maximum absolute atomic E-state index is 5.65. The zero-order valence-electron chi connectivity index (χ0n) is 6.00. The molecule has 0 unspecified atom stereocenters. The summed E-state index contributed by atoms with van der Waals surface area (Å²) in [6.07, 6.45) is 0. The lowest BCUT2D eigenvalue weighted by atomic mass is 10.2. The molecular formula is C6H10BrN3. The van der Waals surface area contributed by atoms with Crippen molar-refractivity contribution in [3.8, 4) is 0 Å². The van der Waals surface area contributed by atoms with Gasteiger partial charge in [-0.2, -0.15) is 5.10 Å². The van der Waals surface area contributed by atoms with Gasteiger partial charge < -0.3 is 5.73 Å². The lowest BCUT2D eigenvalue weighted by Crippen LogP contribution is -2.10. The number of nitrogens with two attached hydrogens (primary N) is 1. The van der Waals surface area contributed by atoms with Crippen LogP contribution >= 0.6 is 15.9 Å². The van der Waals surface area contributed by atoms with Gasteiger partial charge in [0, 0.05) is 13.1 Å². The molecule has 56 valence electrons. The standard InChI is InChI=1S/C6H10BrN3/c1-4(8)5-3-6(7)9-10(5)2/h3-4H,8H2,1-2H3/t4-/m0/s1. The molecule has 10 heavy (non-hydrogen) atoms. The van der Waals surface area contributed by atoms with Gasteiger partial charge in [-0.25, -0.2) is 0 Å². The Morgan fingerprint density at radius 3 is 2.60 bits per heavy atom. The molecule has 0 amide bonds. The van der Waals surface area contributed by atoms with Crippen LogP contribution in [0.3, 0.4) is 0 Å². The SMILES string of the molecule is C[C@H](N)c1cc(Br)nn1C. The van der Waals surface area contributed by atoms with Crippen molar-refractivity contribution >= 4 is 15.9 Å². The van der Waals surface area contributed by atoms with Gasteiger partial charge in [0.15, 0.2) is 0 Å². The quantitative estimate of drug-likeness (QED) is 0.746. The monoisotopic (exact) mass is 203 g/mol. The minimum absolute atomic E-state index is 0.0452. The van der Waals surface area contributed by atoms with Crippen molar-refractivity contribution in [2.75, 3.05) is 0 Å². The first kappa shape index (κ1) is 7.75. The number of aryl methyl sites for hydroxylation is 1. The summed E-state index contributed by atoms with van der Waals surface area (Å²) in [6, 6.07) is 1.97. The summed E-state index contributed by atoms with van der Waals surface area (Å²) in [5.41, 5.74) is 6.68. The van der Waals surface area contributed by atoms with Gasteiger partial charge in [0.2, 0.25) is 0 Å². The Balaban J connectivity index is 3.03. The van der Waals surface area contributed by atoms with Crippen molar-refractivity contribution in [1.29, 1.82) is 0 Å². The minimum Gasteiger partial charge on any atom is -0.323 e. The summed E-state index contributed by atoms with van der Waals surface area (Å²) in [5.74, 6) is 0. The van der Waals surface area contributed by atoms with Crippen LogP contribution in [0, 0.1) is 0 Å². The van der Waals surface area contributed by atoms with Gasteiger partial charge in [-0.15, -0.1) is 0 Å². The van der Waals surface area contributed by atoms with E-state index < -0.39 is 0 Å². The van der Waals surface area contributed by atoms with E-state index in [-0.39, 0.29) is 6.04 Å². The van der Waals surface area contributed by atoms with Crippen molar-refractivity contribution in [3.05, 3.63) is 16.4 Å². The molecule has 0 aliphatic heterocycles. The van der Waals surface area contributed by atoms with Gasteiger partial charge in [0.25, 0.3) is 0 Å². The zero-order chi connectivity index (χ0) is 7.72. The molecule has 0 saturated carbocycles. The Morgan fingerprint density at radius 2 is 2.40 bits per heavy atom. The summed E-state index contributed by atoms with van der Waals surface area (Å²) in [7, 11) is 1.88. The van der Waals surface area contributed by atoms with Crippen LogP contribution in [0.4, 0.5) is 0 Å². The second-order valence-electron chi connectivity index (χ2n) is 2.30. The van der Waals surface area contributed by atoms with Crippen LogP contribution in [-0.2, 0) is 7.05 Å². The smallest absolute Gasteiger partial charge is 0.128 e. The van der Waals surface area contributed by atoms with E-state index in [1.54, 1.807) is 4.68 Å². The maximum Gasteiger partial charge on any atom is 0.128 e. The molecule has 1 heterocycles. The van der Waals surface area contributed by atoms with E-state index in [4.69, 9.17) is 5.73 Å². The van der Waals surface area contributed by atoms with Crippen molar-refractivity contribution in [2.24, 2.45) is 12.8 Å². The van der Waals surface area contributed by atoms with E-state index in [0.717, 1.165) is 10.3 Å². The van der Waals surface area contributed by atoms with E-state index in [2.05, 4.69) is 21.0 Å². The summed E-state index contributed by atoms with van der Waals surface area (Å²) in [4.78, 5) is 0. The molecule has 4 heteroatoms. The molecule has 1 aromatic rings. The fourth-order valence-electron chi connectivity index (χ4n) is 0.871. The zero-order valence-corrected chi connectivity index (χ0v) is 7.59. The molecule has 0 aliphatic rings. The Labute approximate surface area is 68.3 Å². The first-order valence-electron chi connectivity index (χ1n) is 3.06. The number of aromatic nitrogens is 2. The number of rotatable bonds is 1. The summed E-state index contributed by atoms with van der Waals surface area (Å²) in [6.45, 7) is 1.93. The molecule has 1 aromatic heterocycles. The van der Waals surface area contributed by atoms with E-state index in [9.17, 15) is 0 Å². The molecule has 0 aromatic carbocycles. The number of hydrogen-bond acceptors (Lipinski definition) is 2. The van der Waals surface area contributed by atoms with E-state index in [0.29, 0.717) is 0 Å². The molecule has 0 fully saturated rings. The highest BCUT2D eigenvalue weighted by Gasteiger charge is 2.05. The highest BCUT2D eigenvalue weighted by atomic mass is 79.9. The van der Waals surface area contributed by atoms with Gasteiger partial charge in [0.1, 0.15) is 4.60 Å². The van der Waals surface area contributed by atoms with E-state index in [1.807, 2.05) is 20.0 Å². The van der Waals surface area contributed by atoms with Crippen molar-refractivity contribution in [1.82, 2.24) is 9.78 Å². The van der Waals surface area contributed by atoms with Crippen LogP contribution in [0.15, 0.2) is 10.7 Å². The number of hydrogen-bond donors (Lipinski definition) is 1. The summed E-state index contributed by atoms with van der Waals surface area (Å²) in [5, 5.41) is 4.09. The van der Waals surface area contributed by atoms with Gasteiger partial charge in [-0.1, -0.05) is 0 Å². The second kappa shape index (κ2) is 2.72. The molecule has 1 atom stereocenters. The lowest BCUT2D eigenvalue weighted by molar-refractivity contribution is 0.652. The third-order valence-electron chi connectivity index (χ3n) is 1.35. The predicted molar refractivity (Wildman–Crippen MR) is 43.5 cm³/mol. The average Bonchev–Trinajstić information content (AvgIpc) is 2.10.